The Bertz CT molecular complexity index is 333. The van der Waals surface area contributed by atoms with Crippen molar-refractivity contribution in [1.29, 1.82) is 0 Å². The van der Waals surface area contributed by atoms with Crippen LogP contribution in [0.3, 0.4) is 0 Å². The summed E-state index contributed by atoms with van der Waals surface area (Å²) in [5, 5.41) is 10.3. The molecule has 1 rings (SSSR count). The van der Waals surface area contributed by atoms with Gasteiger partial charge in [0.15, 0.2) is 0 Å². The molecule has 1 N–H and O–H groups in total. The first-order valence-corrected chi connectivity index (χ1v) is 6.94. The number of hydrogen-bond acceptors (Lipinski definition) is 2. The van der Waals surface area contributed by atoms with Crippen molar-refractivity contribution in [3.05, 3.63) is 34.3 Å². The van der Waals surface area contributed by atoms with Crippen molar-refractivity contribution in [2.24, 2.45) is 0 Å². The molecule has 0 aliphatic rings. The van der Waals surface area contributed by atoms with E-state index >= 15 is 0 Å². The van der Waals surface area contributed by atoms with E-state index in [2.05, 4.69) is 52.1 Å². The molecule has 0 fully saturated rings. The summed E-state index contributed by atoms with van der Waals surface area (Å²) in [5.74, 6) is 0. The van der Waals surface area contributed by atoms with Gasteiger partial charge in [-0.3, -0.25) is 4.90 Å². The van der Waals surface area contributed by atoms with Gasteiger partial charge in [-0.25, -0.2) is 0 Å². The molecule has 0 saturated heterocycles. The molecule has 0 radical (unpaired) electrons. The van der Waals surface area contributed by atoms with Crippen LogP contribution in [0.4, 0.5) is 0 Å². The van der Waals surface area contributed by atoms with Gasteiger partial charge in [0.2, 0.25) is 0 Å². The van der Waals surface area contributed by atoms with E-state index < -0.39 is 5.60 Å². The molecule has 0 atom stereocenters. The first-order chi connectivity index (χ1) is 7.99. The lowest BCUT2D eigenvalue weighted by molar-refractivity contribution is 0.00131. The van der Waals surface area contributed by atoms with Crippen molar-refractivity contribution < 1.29 is 5.11 Å². The Morgan fingerprint density at radius 2 is 1.71 bits per heavy atom. The Morgan fingerprint density at radius 1 is 1.18 bits per heavy atom. The highest BCUT2D eigenvalue weighted by Crippen LogP contribution is 2.17. The molecule has 96 valence electrons. The summed E-state index contributed by atoms with van der Waals surface area (Å²) in [6.07, 6.45) is 1.60. The average Bonchev–Trinajstić information content (AvgIpc) is 2.32. The van der Waals surface area contributed by atoms with Gasteiger partial charge in [-0.05, 0) is 37.6 Å². The molecule has 1 aromatic carbocycles. The lowest BCUT2D eigenvalue weighted by atomic mass is 9.97. The quantitative estimate of drug-likeness (QED) is 0.870. The minimum atomic E-state index is -0.551. The number of halogens is 1. The highest BCUT2D eigenvalue weighted by atomic mass is 79.9. The summed E-state index contributed by atoms with van der Waals surface area (Å²) in [7, 11) is 2.05. The maximum Gasteiger partial charge on any atom is 0.0768 e. The van der Waals surface area contributed by atoms with E-state index in [0.29, 0.717) is 0 Å². The van der Waals surface area contributed by atoms with Crippen LogP contribution in [0.5, 0.6) is 0 Å². The lowest BCUT2D eigenvalue weighted by Gasteiger charge is -2.30. The molecule has 1 aromatic rings. The third-order valence-electron chi connectivity index (χ3n) is 3.25. The summed E-state index contributed by atoms with van der Waals surface area (Å²) < 4.78 is 1.10. The zero-order valence-electron chi connectivity index (χ0n) is 10.9. The summed E-state index contributed by atoms with van der Waals surface area (Å²) in [5.41, 5.74) is 0.717. The van der Waals surface area contributed by atoms with Crippen molar-refractivity contribution in [3.63, 3.8) is 0 Å². The fourth-order valence-corrected chi connectivity index (χ4v) is 2.20. The molecule has 0 aliphatic carbocycles. The maximum atomic E-state index is 10.3. The monoisotopic (exact) mass is 299 g/mol. The van der Waals surface area contributed by atoms with Crippen LogP contribution in [0.2, 0.25) is 0 Å². The molecule has 0 amide bonds. The fraction of sp³-hybridized carbons (Fsp3) is 0.571. The Morgan fingerprint density at radius 3 is 2.18 bits per heavy atom. The Labute approximate surface area is 113 Å². The second-order valence-electron chi connectivity index (χ2n) is 4.73. The number of aliphatic hydroxyl groups is 1. The van der Waals surface area contributed by atoms with E-state index in [0.717, 1.165) is 30.4 Å². The van der Waals surface area contributed by atoms with Crippen LogP contribution < -0.4 is 0 Å². The summed E-state index contributed by atoms with van der Waals surface area (Å²) in [6, 6.07) is 8.32. The van der Waals surface area contributed by atoms with Gasteiger partial charge in [0, 0.05) is 17.6 Å². The first kappa shape index (κ1) is 14.7. The van der Waals surface area contributed by atoms with Crippen molar-refractivity contribution in [1.82, 2.24) is 4.90 Å². The van der Waals surface area contributed by atoms with Gasteiger partial charge >= 0.3 is 0 Å². The van der Waals surface area contributed by atoms with E-state index in [1.807, 2.05) is 13.8 Å². The molecule has 0 spiro atoms. The maximum absolute atomic E-state index is 10.3. The SMILES string of the molecule is CCC(O)(CC)CN(C)Cc1ccc(Br)cc1. The standard InChI is InChI=1S/C14H22BrNO/c1-4-14(17,5-2)11-16(3)10-12-6-8-13(15)9-7-12/h6-9,17H,4-5,10-11H2,1-3H3. The molecule has 0 aromatic heterocycles. The van der Waals surface area contributed by atoms with E-state index in [9.17, 15) is 5.11 Å². The van der Waals surface area contributed by atoms with Crippen LogP contribution in [0.1, 0.15) is 32.3 Å². The molecule has 0 heterocycles. The van der Waals surface area contributed by atoms with Crippen molar-refractivity contribution in [2.45, 2.75) is 38.8 Å². The van der Waals surface area contributed by atoms with Gasteiger partial charge in [-0.1, -0.05) is 41.9 Å². The number of nitrogens with zero attached hydrogens (tertiary/aromatic N) is 1. The summed E-state index contributed by atoms with van der Waals surface area (Å²) >= 11 is 3.43. The minimum Gasteiger partial charge on any atom is -0.389 e. The van der Waals surface area contributed by atoms with Crippen molar-refractivity contribution >= 4 is 15.9 Å². The molecular weight excluding hydrogens is 278 g/mol. The van der Waals surface area contributed by atoms with E-state index in [-0.39, 0.29) is 0 Å². The first-order valence-electron chi connectivity index (χ1n) is 6.14. The lowest BCUT2D eigenvalue weighted by Crippen LogP contribution is -2.40. The molecule has 0 aliphatic heterocycles. The van der Waals surface area contributed by atoms with Crippen LogP contribution in [0.15, 0.2) is 28.7 Å². The highest BCUT2D eigenvalue weighted by molar-refractivity contribution is 9.10. The van der Waals surface area contributed by atoms with Gasteiger partial charge < -0.3 is 5.11 Å². The molecule has 17 heavy (non-hydrogen) atoms. The van der Waals surface area contributed by atoms with Gasteiger partial charge in [-0.15, -0.1) is 0 Å². The second kappa shape index (κ2) is 6.53. The molecule has 0 bridgehead atoms. The Hall–Kier alpha value is -0.380. The van der Waals surface area contributed by atoms with Crippen molar-refractivity contribution in [2.75, 3.05) is 13.6 Å². The van der Waals surface area contributed by atoms with Gasteiger partial charge in [0.1, 0.15) is 0 Å². The largest absolute Gasteiger partial charge is 0.389 e. The number of hydrogen-bond donors (Lipinski definition) is 1. The predicted molar refractivity (Wildman–Crippen MR) is 76.0 cm³/mol. The smallest absolute Gasteiger partial charge is 0.0768 e. The molecule has 0 unspecified atom stereocenters. The number of rotatable bonds is 6. The van der Waals surface area contributed by atoms with Gasteiger partial charge in [0.25, 0.3) is 0 Å². The van der Waals surface area contributed by atoms with E-state index in [1.165, 1.54) is 5.56 Å². The van der Waals surface area contributed by atoms with Gasteiger partial charge in [0.05, 0.1) is 5.60 Å². The van der Waals surface area contributed by atoms with Crippen LogP contribution in [0, 0.1) is 0 Å². The van der Waals surface area contributed by atoms with Crippen molar-refractivity contribution in [3.8, 4) is 0 Å². The zero-order valence-corrected chi connectivity index (χ0v) is 12.5. The number of benzene rings is 1. The van der Waals surface area contributed by atoms with Crippen LogP contribution in [0.25, 0.3) is 0 Å². The minimum absolute atomic E-state index is 0.551. The van der Waals surface area contributed by atoms with Gasteiger partial charge in [-0.2, -0.15) is 0 Å². The molecule has 0 saturated carbocycles. The van der Waals surface area contributed by atoms with E-state index in [4.69, 9.17) is 0 Å². The predicted octanol–water partition coefficient (Wildman–Crippen LogP) is 3.43. The average molecular weight is 300 g/mol. The fourth-order valence-electron chi connectivity index (χ4n) is 1.93. The molecule has 3 heteroatoms. The summed E-state index contributed by atoms with van der Waals surface area (Å²) in [6.45, 7) is 5.67. The zero-order chi connectivity index (χ0) is 12.9. The third kappa shape index (κ3) is 4.78. The Balaban J connectivity index is 2.54. The topological polar surface area (TPSA) is 23.5 Å². The van der Waals surface area contributed by atoms with Crippen LogP contribution in [-0.2, 0) is 6.54 Å². The van der Waals surface area contributed by atoms with E-state index in [1.54, 1.807) is 0 Å². The van der Waals surface area contributed by atoms with Crippen LogP contribution in [-0.4, -0.2) is 29.2 Å². The third-order valence-corrected chi connectivity index (χ3v) is 3.77. The Kier molecular flexibility index (Phi) is 5.63. The normalized spacial score (nSPS) is 12.1. The van der Waals surface area contributed by atoms with Crippen LogP contribution >= 0.6 is 15.9 Å². The molecular formula is C14H22BrNO. The number of likely N-dealkylation sites (N-methyl/N-ethyl adjacent to an activating group) is 1. The second-order valence-corrected chi connectivity index (χ2v) is 5.65. The molecule has 2 nitrogen and oxygen atoms in total. The summed E-state index contributed by atoms with van der Waals surface area (Å²) in [4.78, 5) is 2.18. The highest BCUT2D eigenvalue weighted by Gasteiger charge is 2.23.